The highest BCUT2D eigenvalue weighted by Crippen LogP contribution is 2.04. The minimum absolute atomic E-state index is 0.150. The van der Waals surface area contributed by atoms with Gasteiger partial charge in [-0.2, -0.15) is 0 Å². The van der Waals surface area contributed by atoms with E-state index >= 15 is 0 Å². The molecule has 3 heteroatoms. The number of rotatable bonds is 3. The van der Waals surface area contributed by atoms with Gasteiger partial charge in [-0.3, -0.25) is 0 Å². The number of hydrogen-bond donors (Lipinski definition) is 0. The molecule has 0 aromatic heterocycles. The van der Waals surface area contributed by atoms with Gasteiger partial charge in [0.05, 0.1) is 5.38 Å². The molecular formula is C6H15ClOSi. The Balaban J connectivity index is 3.28. The standard InChI is InChI=1S/C6H15ClOSi/c1-6(7)5-8-9(2,3)4/h6H,5H2,1-4H3. The molecule has 1 nitrogen and oxygen atoms in total. The average Bonchev–Trinajstić information content (AvgIpc) is 1.59. The maximum Gasteiger partial charge on any atom is 0.183 e. The topological polar surface area (TPSA) is 9.23 Å². The first-order chi connectivity index (χ1) is 3.92. The molecule has 0 aliphatic rings. The number of halogens is 1. The summed E-state index contributed by atoms with van der Waals surface area (Å²) in [6.07, 6.45) is 0. The molecule has 0 aromatic carbocycles. The predicted molar refractivity (Wildman–Crippen MR) is 44.6 cm³/mol. The zero-order valence-electron chi connectivity index (χ0n) is 6.57. The molecule has 56 valence electrons. The minimum Gasteiger partial charge on any atom is -0.416 e. The van der Waals surface area contributed by atoms with Crippen molar-refractivity contribution in [2.24, 2.45) is 0 Å². The van der Waals surface area contributed by atoms with E-state index in [1.807, 2.05) is 6.92 Å². The second-order valence-corrected chi connectivity index (χ2v) is 8.46. The second-order valence-electron chi connectivity index (χ2n) is 3.20. The fourth-order valence-electron chi connectivity index (χ4n) is 0.365. The SMILES string of the molecule is CC(Cl)CO[Si](C)(C)C. The van der Waals surface area contributed by atoms with E-state index in [0.717, 1.165) is 0 Å². The van der Waals surface area contributed by atoms with Crippen molar-refractivity contribution in [2.75, 3.05) is 6.61 Å². The smallest absolute Gasteiger partial charge is 0.183 e. The van der Waals surface area contributed by atoms with E-state index in [9.17, 15) is 0 Å². The molecule has 0 saturated heterocycles. The van der Waals surface area contributed by atoms with Gasteiger partial charge in [0, 0.05) is 6.61 Å². The zero-order valence-corrected chi connectivity index (χ0v) is 8.33. The second kappa shape index (κ2) is 3.59. The Morgan fingerprint density at radius 3 is 2.00 bits per heavy atom. The van der Waals surface area contributed by atoms with Crippen LogP contribution < -0.4 is 0 Å². The first-order valence-electron chi connectivity index (χ1n) is 3.20. The van der Waals surface area contributed by atoms with Gasteiger partial charge in [0.15, 0.2) is 8.32 Å². The minimum atomic E-state index is -1.30. The van der Waals surface area contributed by atoms with Crippen molar-refractivity contribution < 1.29 is 4.43 Å². The lowest BCUT2D eigenvalue weighted by molar-refractivity contribution is 0.314. The molecule has 0 aromatic rings. The number of hydrogen-bond acceptors (Lipinski definition) is 1. The quantitative estimate of drug-likeness (QED) is 0.463. The van der Waals surface area contributed by atoms with Gasteiger partial charge in [0.1, 0.15) is 0 Å². The third-order valence-electron chi connectivity index (χ3n) is 0.746. The van der Waals surface area contributed by atoms with Crippen LogP contribution in [0, 0.1) is 0 Å². The Bertz CT molecular complexity index is 77.6. The van der Waals surface area contributed by atoms with E-state index in [1.54, 1.807) is 0 Å². The Morgan fingerprint density at radius 2 is 1.89 bits per heavy atom. The van der Waals surface area contributed by atoms with Gasteiger partial charge in [-0.25, -0.2) is 0 Å². The Morgan fingerprint density at radius 1 is 1.44 bits per heavy atom. The highest BCUT2D eigenvalue weighted by molar-refractivity contribution is 6.69. The highest BCUT2D eigenvalue weighted by atomic mass is 35.5. The fraction of sp³-hybridized carbons (Fsp3) is 1.00. The molecule has 9 heavy (non-hydrogen) atoms. The molecule has 0 aliphatic carbocycles. The van der Waals surface area contributed by atoms with Gasteiger partial charge in [-0.1, -0.05) is 0 Å². The van der Waals surface area contributed by atoms with Gasteiger partial charge in [0.2, 0.25) is 0 Å². The molecule has 1 atom stereocenters. The lowest BCUT2D eigenvalue weighted by atomic mass is 10.5. The summed E-state index contributed by atoms with van der Waals surface area (Å²) in [6, 6.07) is 0. The van der Waals surface area contributed by atoms with Crippen LogP contribution in [0.15, 0.2) is 0 Å². The van der Waals surface area contributed by atoms with E-state index in [2.05, 4.69) is 19.6 Å². The maximum atomic E-state index is 5.68. The Hall–Kier alpha value is 0.467. The Labute approximate surface area is 63.5 Å². The van der Waals surface area contributed by atoms with Crippen LogP contribution in [0.4, 0.5) is 0 Å². The van der Waals surface area contributed by atoms with E-state index in [0.29, 0.717) is 6.61 Å². The van der Waals surface area contributed by atoms with Crippen LogP contribution in [0.1, 0.15) is 6.92 Å². The molecule has 0 bridgehead atoms. The van der Waals surface area contributed by atoms with Crippen LogP contribution >= 0.6 is 11.6 Å². The third-order valence-corrected chi connectivity index (χ3v) is 1.90. The predicted octanol–water partition coefficient (Wildman–Crippen LogP) is 2.47. The van der Waals surface area contributed by atoms with Gasteiger partial charge < -0.3 is 4.43 Å². The van der Waals surface area contributed by atoms with Gasteiger partial charge in [0.25, 0.3) is 0 Å². The molecule has 0 rings (SSSR count). The van der Waals surface area contributed by atoms with Gasteiger partial charge >= 0.3 is 0 Å². The van der Waals surface area contributed by atoms with Crippen LogP contribution in [-0.2, 0) is 4.43 Å². The molecule has 0 N–H and O–H groups in total. The third kappa shape index (κ3) is 8.47. The van der Waals surface area contributed by atoms with Crippen LogP contribution in [-0.4, -0.2) is 20.3 Å². The molecule has 0 spiro atoms. The van der Waals surface area contributed by atoms with Crippen molar-refractivity contribution in [1.82, 2.24) is 0 Å². The maximum absolute atomic E-state index is 5.68. The van der Waals surface area contributed by atoms with Gasteiger partial charge in [-0.05, 0) is 26.6 Å². The fourth-order valence-corrected chi connectivity index (χ4v) is 1.28. The molecule has 0 aliphatic heterocycles. The van der Waals surface area contributed by atoms with E-state index < -0.39 is 8.32 Å². The summed E-state index contributed by atoms with van der Waals surface area (Å²) >= 11 is 5.68. The monoisotopic (exact) mass is 166 g/mol. The molecule has 0 radical (unpaired) electrons. The van der Waals surface area contributed by atoms with E-state index in [1.165, 1.54) is 0 Å². The first-order valence-corrected chi connectivity index (χ1v) is 7.04. The summed E-state index contributed by atoms with van der Waals surface area (Å²) < 4.78 is 5.50. The molecule has 0 fully saturated rings. The summed E-state index contributed by atoms with van der Waals surface area (Å²) in [4.78, 5) is 0. The van der Waals surface area contributed by atoms with Crippen molar-refractivity contribution >= 4 is 19.9 Å². The summed E-state index contributed by atoms with van der Waals surface area (Å²) in [5.74, 6) is 0. The van der Waals surface area contributed by atoms with Crippen LogP contribution in [0.2, 0.25) is 19.6 Å². The van der Waals surface area contributed by atoms with Crippen LogP contribution in [0.25, 0.3) is 0 Å². The molecular weight excluding hydrogens is 152 g/mol. The summed E-state index contributed by atoms with van der Waals surface area (Å²) in [5.41, 5.74) is 0. The lowest BCUT2D eigenvalue weighted by Crippen LogP contribution is -2.27. The summed E-state index contributed by atoms with van der Waals surface area (Å²) in [5, 5.41) is 0.150. The zero-order chi connectivity index (χ0) is 7.49. The van der Waals surface area contributed by atoms with Crippen molar-refractivity contribution in [2.45, 2.75) is 31.9 Å². The molecule has 0 heterocycles. The van der Waals surface area contributed by atoms with Crippen molar-refractivity contribution in [3.05, 3.63) is 0 Å². The normalized spacial score (nSPS) is 15.7. The molecule has 0 amide bonds. The van der Waals surface area contributed by atoms with E-state index in [4.69, 9.17) is 16.0 Å². The van der Waals surface area contributed by atoms with Gasteiger partial charge in [-0.15, -0.1) is 11.6 Å². The Kier molecular flexibility index (Phi) is 3.78. The van der Waals surface area contributed by atoms with Crippen molar-refractivity contribution in [1.29, 1.82) is 0 Å². The highest BCUT2D eigenvalue weighted by Gasteiger charge is 2.14. The van der Waals surface area contributed by atoms with Crippen molar-refractivity contribution in [3.8, 4) is 0 Å². The molecule has 1 unspecified atom stereocenters. The van der Waals surface area contributed by atoms with Crippen molar-refractivity contribution in [3.63, 3.8) is 0 Å². The van der Waals surface area contributed by atoms with E-state index in [-0.39, 0.29) is 5.38 Å². The number of alkyl halides is 1. The molecule has 0 saturated carbocycles. The van der Waals surface area contributed by atoms with Crippen LogP contribution in [0.5, 0.6) is 0 Å². The first kappa shape index (κ1) is 9.47. The summed E-state index contributed by atoms with van der Waals surface area (Å²) in [7, 11) is -1.30. The largest absolute Gasteiger partial charge is 0.416 e. The lowest BCUT2D eigenvalue weighted by Gasteiger charge is -2.17. The average molecular weight is 167 g/mol. The summed E-state index contributed by atoms with van der Waals surface area (Å²) in [6.45, 7) is 9.11. The van der Waals surface area contributed by atoms with Crippen LogP contribution in [0.3, 0.4) is 0 Å².